The van der Waals surface area contributed by atoms with Gasteiger partial charge in [0.05, 0.1) is 0 Å². The average molecular weight is 624 g/mol. The SMILES string of the molecule is CC(C)(C)c1cc(Br)ccc1OCC(=O)N1CCN(C(=O)COc2ccc(Br)cc2C(C)(C)C)CC1. The van der Waals surface area contributed by atoms with Crippen molar-refractivity contribution >= 4 is 43.7 Å². The molecule has 1 heterocycles. The van der Waals surface area contributed by atoms with E-state index in [0.717, 1.165) is 20.1 Å². The summed E-state index contributed by atoms with van der Waals surface area (Å²) >= 11 is 7.03. The molecule has 8 heteroatoms. The van der Waals surface area contributed by atoms with E-state index < -0.39 is 0 Å². The van der Waals surface area contributed by atoms with Crippen LogP contribution in [0.3, 0.4) is 0 Å². The number of halogens is 2. The molecule has 3 rings (SSSR count). The number of carbonyl (C=O) groups is 2. The highest BCUT2D eigenvalue weighted by atomic mass is 79.9. The van der Waals surface area contributed by atoms with Crippen LogP contribution in [-0.4, -0.2) is 61.0 Å². The smallest absolute Gasteiger partial charge is 0.260 e. The zero-order chi connectivity index (χ0) is 26.7. The molecule has 36 heavy (non-hydrogen) atoms. The Hall–Kier alpha value is -2.06. The molecule has 2 aromatic rings. The molecule has 0 bridgehead atoms. The summed E-state index contributed by atoms with van der Waals surface area (Å²) in [5, 5.41) is 0. The van der Waals surface area contributed by atoms with Crippen molar-refractivity contribution in [3.8, 4) is 11.5 Å². The molecule has 196 valence electrons. The summed E-state index contributed by atoms with van der Waals surface area (Å²) in [5.41, 5.74) is 1.86. The van der Waals surface area contributed by atoms with Crippen LogP contribution in [0.5, 0.6) is 11.5 Å². The van der Waals surface area contributed by atoms with Gasteiger partial charge in [-0.3, -0.25) is 9.59 Å². The van der Waals surface area contributed by atoms with Crippen molar-refractivity contribution in [1.82, 2.24) is 9.80 Å². The molecule has 0 aromatic heterocycles. The van der Waals surface area contributed by atoms with Crippen LogP contribution in [0.25, 0.3) is 0 Å². The molecular formula is C28H36Br2N2O4. The van der Waals surface area contributed by atoms with Crippen LogP contribution >= 0.6 is 31.9 Å². The zero-order valence-corrected chi connectivity index (χ0v) is 25.2. The molecule has 1 aliphatic rings. The van der Waals surface area contributed by atoms with Crippen LogP contribution in [0.2, 0.25) is 0 Å². The molecule has 0 aliphatic carbocycles. The van der Waals surface area contributed by atoms with Gasteiger partial charge in [-0.15, -0.1) is 0 Å². The van der Waals surface area contributed by atoms with Gasteiger partial charge in [-0.25, -0.2) is 0 Å². The first kappa shape index (κ1) is 28.5. The van der Waals surface area contributed by atoms with Crippen molar-refractivity contribution in [3.05, 3.63) is 56.5 Å². The Morgan fingerprint density at radius 2 is 1.03 bits per heavy atom. The minimum atomic E-state index is -0.111. The van der Waals surface area contributed by atoms with E-state index in [9.17, 15) is 9.59 Å². The van der Waals surface area contributed by atoms with Crippen molar-refractivity contribution < 1.29 is 19.1 Å². The number of hydrogen-bond acceptors (Lipinski definition) is 4. The summed E-state index contributed by atoms with van der Waals surface area (Å²) in [6.45, 7) is 14.5. The lowest BCUT2D eigenvalue weighted by molar-refractivity contribution is -0.141. The molecule has 2 aromatic carbocycles. The second kappa shape index (κ2) is 11.5. The Bertz CT molecular complexity index is 1010. The number of amides is 2. The highest BCUT2D eigenvalue weighted by Crippen LogP contribution is 2.34. The third kappa shape index (κ3) is 7.48. The van der Waals surface area contributed by atoms with E-state index in [1.165, 1.54) is 0 Å². The van der Waals surface area contributed by atoms with Gasteiger partial charge in [-0.2, -0.15) is 0 Å². The maximum absolute atomic E-state index is 12.8. The number of ether oxygens (including phenoxy) is 2. The van der Waals surface area contributed by atoms with Gasteiger partial charge < -0.3 is 19.3 Å². The quantitative estimate of drug-likeness (QED) is 0.400. The number of nitrogens with zero attached hydrogens (tertiary/aromatic N) is 2. The van der Waals surface area contributed by atoms with Crippen LogP contribution in [-0.2, 0) is 20.4 Å². The van der Waals surface area contributed by atoms with Crippen molar-refractivity contribution in [2.24, 2.45) is 0 Å². The van der Waals surface area contributed by atoms with Crippen LogP contribution in [0.4, 0.5) is 0 Å². The fourth-order valence-corrected chi connectivity index (χ4v) is 4.82. The second-order valence-corrected chi connectivity index (χ2v) is 13.0. The van der Waals surface area contributed by atoms with Crippen LogP contribution < -0.4 is 9.47 Å². The first-order valence-electron chi connectivity index (χ1n) is 12.2. The van der Waals surface area contributed by atoms with Gasteiger partial charge in [-0.1, -0.05) is 73.4 Å². The van der Waals surface area contributed by atoms with E-state index in [0.29, 0.717) is 37.7 Å². The molecule has 0 spiro atoms. The largest absolute Gasteiger partial charge is 0.483 e. The van der Waals surface area contributed by atoms with Gasteiger partial charge in [0, 0.05) is 46.3 Å². The molecule has 0 unspecified atom stereocenters. The fourth-order valence-electron chi connectivity index (χ4n) is 4.10. The van der Waals surface area contributed by atoms with Gasteiger partial charge in [0.1, 0.15) is 11.5 Å². The summed E-state index contributed by atoms with van der Waals surface area (Å²) in [6.07, 6.45) is 0. The third-order valence-corrected chi connectivity index (χ3v) is 7.17. The average Bonchev–Trinajstić information content (AvgIpc) is 2.81. The molecule has 1 saturated heterocycles. The number of piperazine rings is 1. The molecule has 0 N–H and O–H groups in total. The summed E-state index contributed by atoms with van der Waals surface area (Å²) in [5.74, 6) is 1.27. The van der Waals surface area contributed by atoms with Crippen molar-refractivity contribution in [3.63, 3.8) is 0 Å². The maximum Gasteiger partial charge on any atom is 0.260 e. The van der Waals surface area contributed by atoms with Crippen LogP contribution in [0, 0.1) is 0 Å². The second-order valence-electron chi connectivity index (χ2n) is 11.1. The lowest BCUT2D eigenvalue weighted by Gasteiger charge is -2.35. The monoisotopic (exact) mass is 622 g/mol. The number of benzene rings is 2. The predicted molar refractivity (Wildman–Crippen MR) is 150 cm³/mol. The first-order valence-corrected chi connectivity index (χ1v) is 13.8. The molecular weight excluding hydrogens is 588 g/mol. The maximum atomic E-state index is 12.8. The van der Waals surface area contributed by atoms with E-state index in [1.807, 2.05) is 36.4 Å². The standard InChI is InChI=1S/C28H36Br2N2O4/c1-27(2,3)21-15-19(29)7-9-23(21)35-17-25(33)31-11-13-32(14-12-31)26(34)18-36-24-10-8-20(30)16-22(24)28(4,5)6/h7-10,15-16H,11-14,17-18H2,1-6H3. The minimum absolute atomic E-state index is 0.0269. The van der Waals surface area contributed by atoms with Crippen molar-refractivity contribution in [1.29, 1.82) is 0 Å². The molecule has 2 amide bonds. The zero-order valence-electron chi connectivity index (χ0n) is 22.0. The Labute approximate surface area is 231 Å². The van der Waals surface area contributed by atoms with Crippen LogP contribution in [0.1, 0.15) is 52.7 Å². The molecule has 0 saturated carbocycles. The fraction of sp³-hybridized carbons (Fsp3) is 0.500. The lowest BCUT2D eigenvalue weighted by atomic mass is 9.86. The van der Waals surface area contributed by atoms with E-state index >= 15 is 0 Å². The molecule has 1 aliphatic heterocycles. The first-order chi connectivity index (χ1) is 16.8. The molecule has 0 atom stereocenters. The minimum Gasteiger partial charge on any atom is -0.483 e. The lowest BCUT2D eigenvalue weighted by Crippen LogP contribution is -2.52. The Morgan fingerprint density at radius 1 is 0.694 bits per heavy atom. The Balaban J connectivity index is 1.51. The number of carbonyl (C=O) groups excluding carboxylic acids is 2. The van der Waals surface area contributed by atoms with E-state index in [4.69, 9.17) is 9.47 Å². The van der Waals surface area contributed by atoms with Gasteiger partial charge in [0.15, 0.2) is 13.2 Å². The molecule has 0 radical (unpaired) electrons. The molecule has 6 nitrogen and oxygen atoms in total. The highest BCUT2D eigenvalue weighted by molar-refractivity contribution is 9.10. The predicted octanol–water partition coefficient (Wildman–Crippen LogP) is 5.94. The summed E-state index contributed by atoms with van der Waals surface area (Å²) < 4.78 is 13.8. The molecule has 1 fully saturated rings. The van der Waals surface area contributed by atoms with E-state index in [2.05, 4.69) is 73.4 Å². The Kier molecular flexibility index (Phi) is 9.15. The van der Waals surface area contributed by atoms with Gasteiger partial charge >= 0.3 is 0 Å². The van der Waals surface area contributed by atoms with Gasteiger partial charge in [0.2, 0.25) is 0 Å². The van der Waals surface area contributed by atoms with Crippen molar-refractivity contribution in [2.75, 3.05) is 39.4 Å². The van der Waals surface area contributed by atoms with Crippen molar-refractivity contribution in [2.45, 2.75) is 52.4 Å². The third-order valence-electron chi connectivity index (χ3n) is 6.19. The van der Waals surface area contributed by atoms with Crippen LogP contribution in [0.15, 0.2) is 45.3 Å². The van der Waals surface area contributed by atoms with Gasteiger partial charge in [0.25, 0.3) is 11.8 Å². The topological polar surface area (TPSA) is 59.1 Å². The number of hydrogen-bond donors (Lipinski definition) is 0. The summed E-state index contributed by atoms with van der Waals surface area (Å²) in [6, 6.07) is 11.7. The summed E-state index contributed by atoms with van der Waals surface area (Å²) in [7, 11) is 0. The normalized spacial score (nSPS) is 14.6. The highest BCUT2D eigenvalue weighted by Gasteiger charge is 2.26. The van der Waals surface area contributed by atoms with E-state index in [-0.39, 0.29) is 35.9 Å². The summed E-state index contributed by atoms with van der Waals surface area (Å²) in [4.78, 5) is 29.1. The Morgan fingerprint density at radius 3 is 1.33 bits per heavy atom. The number of rotatable bonds is 6. The van der Waals surface area contributed by atoms with Gasteiger partial charge in [-0.05, 0) is 47.2 Å². The van der Waals surface area contributed by atoms with E-state index in [1.54, 1.807) is 9.80 Å².